The lowest BCUT2D eigenvalue weighted by Crippen LogP contribution is -2.29. The molecule has 154 valence electrons. The summed E-state index contributed by atoms with van der Waals surface area (Å²) in [5, 5.41) is 2.93. The highest BCUT2D eigenvalue weighted by Gasteiger charge is 2.14. The number of rotatable bonds is 9. The van der Waals surface area contributed by atoms with Crippen molar-refractivity contribution in [2.75, 3.05) is 12.3 Å². The van der Waals surface area contributed by atoms with Crippen molar-refractivity contribution in [2.45, 2.75) is 45.2 Å². The number of ether oxygens (including phenoxy) is 1. The first-order valence-electron chi connectivity index (χ1n) is 9.70. The summed E-state index contributed by atoms with van der Waals surface area (Å²) in [5.74, 6) is 0.0197. The fourth-order valence-corrected chi connectivity index (χ4v) is 3.13. The van der Waals surface area contributed by atoms with Gasteiger partial charge in [0.05, 0.1) is 19.0 Å². The van der Waals surface area contributed by atoms with Gasteiger partial charge in [0, 0.05) is 6.54 Å². The van der Waals surface area contributed by atoms with Gasteiger partial charge in [-0.05, 0) is 24.8 Å². The largest absolute Gasteiger partial charge is 0.450 e. The quantitative estimate of drug-likeness (QED) is 0.420. The van der Waals surface area contributed by atoms with Crippen molar-refractivity contribution in [3.8, 4) is 0 Å². The summed E-state index contributed by atoms with van der Waals surface area (Å²) in [4.78, 5) is 23.5. The molecular weight excluding hydrogens is 375 g/mol. The van der Waals surface area contributed by atoms with Gasteiger partial charge in [-0.25, -0.2) is 9.78 Å². The lowest BCUT2D eigenvalue weighted by atomic mass is 10.0. The van der Waals surface area contributed by atoms with E-state index in [1.54, 1.807) is 10.9 Å². The van der Waals surface area contributed by atoms with Crippen molar-refractivity contribution < 1.29 is 13.9 Å². The van der Waals surface area contributed by atoms with Crippen LogP contribution in [0.3, 0.4) is 0 Å². The van der Waals surface area contributed by atoms with E-state index >= 15 is 0 Å². The predicted molar refractivity (Wildman–Crippen MR) is 108 cm³/mol. The second-order valence-corrected chi connectivity index (χ2v) is 6.73. The van der Waals surface area contributed by atoms with E-state index in [0.717, 1.165) is 18.4 Å². The number of carbonyl (C=O) groups excluding carboxylic acids is 1. The van der Waals surface area contributed by atoms with Crippen molar-refractivity contribution >= 4 is 23.1 Å². The lowest BCUT2D eigenvalue weighted by molar-refractivity contribution is 0.139. The minimum Gasteiger partial charge on any atom is -0.450 e. The van der Waals surface area contributed by atoms with Crippen LogP contribution < -0.4 is 11.1 Å². The van der Waals surface area contributed by atoms with Crippen molar-refractivity contribution in [2.24, 2.45) is 0 Å². The number of aryl methyl sites for hydroxylation is 1. The summed E-state index contributed by atoms with van der Waals surface area (Å²) in [6.45, 7) is 2.92. The molecule has 3 aromatic rings. The highest BCUT2D eigenvalue weighted by Crippen LogP contribution is 2.18. The normalized spacial score (nSPS) is 12.1. The number of benzene rings is 1. The molecule has 3 rings (SSSR count). The Morgan fingerprint density at radius 1 is 1.28 bits per heavy atom. The molecule has 0 saturated carbocycles. The third-order valence-electron chi connectivity index (χ3n) is 4.56. The minimum absolute atomic E-state index is 0.0197. The number of nitrogens with two attached hydrogens (primary N) is 1. The van der Waals surface area contributed by atoms with E-state index in [1.807, 2.05) is 30.3 Å². The Balaban J connectivity index is 1.44. The first-order chi connectivity index (χ1) is 14.1. The van der Waals surface area contributed by atoms with E-state index in [-0.39, 0.29) is 18.5 Å². The van der Waals surface area contributed by atoms with Crippen LogP contribution in [0.2, 0.25) is 0 Å². The SMILES string of the molecule is CCC[C@@H](NC(=O)OCCCCn1cnc2c(N)nc(F)nc21)c1ccccc1. The number of anilines is 1. The van der Waals surface area contributed by atoms with E-state index in [1.165, 1.54) is 0 Å². The third kappa shape index (κ3) is 5.40. The molecule has 3 N–H and O–H groups in total. The zero-order valence-electron chi connectivity index (χ0n) is 16.3. The van der Waals surface area contributed by atoms with Crippen molar-refractivity contribution in [1.82, 2.24) is 24.8 Å². The van der Waals surface area contributed by atoms with Gasteiger partial charge in [0.25, 0.3) is 0 Å². The lowest BCUT2D eigenvalue weighted by Gasteiger charge is -2.18. The molecule has 1 amide bonds. The molecule has 0 radical (unpaired) electrons. The molecule has 8 nitrogen and oxygen atoms in total. The van der Waals surface area contributed by atoms with Gasteiger partial charge in [-0.1, -0.05) is 43.7 Å². The number of imidazole rings is 1. The van der Waals surface area contributed by atoms with Crippen LogP contribution in [0, 0.1) is 6.08 Å². The van der Waals surface area contributed by atoms with Crippen LogP contribution in [-0.4, -0.2) is 32.2 Å². The second kappa shape index (κ2) is 9.81. The van der Waals surface area contributed by atoms with Gasteiger partial charge in [0.15, 0.2) is 11.5 Å². The van der Waals surface area contributed by atoms with Gasteiger partial charge in [0.1, 0.15) is 5.52 Å². The maximum Gasteiger partial charge on any atom is 0.407 e. The smallest absolute Gasteiger partial charge is 0.407 e. The van der Waals surface area contributed by atoms with Crippen LogP contribution in [-0.2, 0) is 11.3 Å². The van der Waals surface area contributed by atoms with Crippen LogP contribution in [0.15, 0.2) is 36.7 Å². The second-order valence-electron chi connectivity index (χ2n) is 6.73. The standard InChI is InChI=1S/C20H25FN6O2/c1-2-8-15(14-9-4-3-5-10-14)24-20(28)29-12-7-6-11-27-13-23-16-17(22)25-19(21)26-18(16)27/h3-5,9-10,13,15H,2,6-8,11-12H2,1H3,(H,24,28)(H2,22,25,26)/t15-/m1/s1. The van der Waals surface area contributed by atoms with E-state index in [4.69, 9.17) is 10.5 Å². The van der Waals surface area contributed by atoms with Crippen molar-refractivity contribution in [3.05, 3.63) is 48.3 Å². The molecule has 0 unspecified atom stereocenters. The molecule has 2 aromatic heterocycles. The monoisotopic (exact) mass is 400 g/mol. The van der Waals surface area contributed by atoms with Gasteiger partial charge >= 0.3 is 12.2 Å². The summed E-state index contributed by atoms with van der Waals surface area (Å²) in [6, 6.07) is 9.78. The molecule has 9 heteroatoms. The fraction of sp³-hybridized carbons (Fsp3) is 0.400. The van der Waals surface area contributed by atoms with Crippen LogP contribution >= 0.6 is 0 Å². The molecule has 0 saturated heterocycles. The van der Waals surface area contributed by atoms with Gasteiger partial charge in [-0.15, -0.1) is 0 Å². The molecule has 0 aliphatic carbocycles. The first-order valence-corrected chi connectivity index (χ1v) is 9.70. The number of aromatic nitrogens is 4. The van der Waals surface area contributed by atoms with E-state index < -0.39 is 12.2 Å². The molecule has 29 heavy (non-hydrogen) atoms. The Bertz CT molecular complexity index is 947. The zero-order chi connectivity index (χ0) is 20.6. The number of nitrogens with zero attached hydrogens (tertiary/aromatic N) is 4. The number of nitrogens with one attached hydrogen (secondary N) is 1. The maximum absolute atomic E-state index is 13.4. The molecule has 0 bridgehead atoms. The number of carbonyl (C=O) groups is 1. The van der Waals surface area contributed by atoms with Crippen molar-refractivity contribution in [1.29, 1.82) is 0 Å². The van der Waals surface area contributed by atoms with Crippen LogP contribution in [0.25, 0.3) is 11.2 Å². The fourth-order valence-electron chi connectivity index (χ4n) is 3.13. The summed E-state index contributed by atoms with van der Waals surface area (Å²) in [7, 11) is 0. The average Bonchev–Trinajstić information content (AvgIpc) is 3.11. The Hall–Kier alpha value is -3.23. The number of hydrogen-bond acceptors (Lipinski definition) is 6. The number of fused-ring (bicyclic) bond motifs is 1. The number of amides is 1. The Morgan fingerprint density at radius 3 is 2.83 bits per heavy atom. The molecule has 0 fully saturated rings. The molecule has 1 atom stereocenters. The molecule has 2 heterocycles. The van der Waals surface area contributed by atoms with Gasteiger partial charge in [0.2, 0.25) is 0 Å². The van der Waals surface area contributed by atoms with E-state index in [2.05, 4.69) is 27.2 Å². The predicted octanol–water partition coefficient (Wildman–Crippen LogP) is 3.60. The molecule has 1 aromatic carbocycles. The zero-order valence-corrected chi connectivity index (χ0v) is 16.3. The maximum atomic E-state index is 13.4. The Labute approximate surface area is 168 Å². The summed E-state index contributed by atoms with van der Waals surface area (Å²) >= 11 is 0. The number of alkyl carbamates (subject to hydrolysis) is 1. The van der Waals surface area contributed by atoms with Crippen LogP contribution in [0.1, 0.15) is 44.2 Å². The highest BCUT2D eigenvalue weighted by atomic mass is 19.1. The van der Waals surface area contributed by atoms with Crippen LogP contribution in [0.5, 0.6) is 0 Å². The Kier molecular flexibility index (Phi) is 6.94. The number of halogens is 1. The topological polar surface area (TPSA) is 108 Å². The van der Waals surface area contributed by atoms with Crippen LogP contribution in [0.4, 0.5) is 15.0 Å². The summed E-state index contributed by atoms with van der Waals surface area (Å²) in [5.41, 5.74) is 7.45. The summed E-state index contributed by atoms with van der Waals surface area (Å²) < 4.78 is 20.4. The molecular formula is C20H25FN6O2. The van der Waals surface area contributed by atoms with E-state index in [9.17, 15) is 9.18 Å². The number of unbranched alkanes of at least 4 members (excludes halogenated alkanes) is 1. The highest BCUT2D eigenvalue weighted by molar-refractivity contribution is 5.81. The van der Waals surface area contributed by atoms with Crippen molar-refractivity contribution in [3.63, 3.8) is 0 Å². The van der Waals surface area contributed by atoms with E-state index in [0.29, 0.717) is 30.6 Å². The third-order valence-corrected chi connectivity index (χ3v) is 4.56. The van der Waals surface area contributed by atoms with Gasteiger partial charge in [-0.2, -0.15) is 14.4 Å². The molecule has 0 spiro atoms. The number of hydrogen-bond donors (Lipinski definition) is 2. The Morgan fingerprint density at radius 2 is 2.07 bits per heavy atom. The summed E-state index contributed by atoms with van der Waals surface area (Å²) in [6.07, 6.45) is 3.40. The molecule has 0 aliphatic heterocycles. The first kappa shape index (κ1) is 20.5. The average molecular weight is 400 g/mol. The minimum atomic E-state index is -0.878. The van der Waals surface area contributed by atoms with Gasteiger partial charge in [-0.3, -0.25) is 0 Å². The number of nitrogen functional groups attached to an aromatic ring is 1. The van der Waals surface area contributed by atoms with Gasteiger partial charge < -0.3 is 20.4 Å². The molecule has 0 aliphatic rings.